The third-order valence-corrected chi connectivity index (χ3v) is 5.53. The van der Waals surface area contributed by atoms with Gasteiger partial charge in [-0.05, 0) is 12.3 Å². The lowest BCUT2D eigenvalue weighted by atomic mass is 10.1. The van der Waals surface area contributed by atoms with Crippen LogP contribution in [-0.4, -0.2) is 72.3 Å². The number of amides is 2. The summed E-state index contributed by atoms with van der Waals surface area (Å²) in [5.74, 6) is -1.09. The van der Waals surface area contributed by atoms with E-state index in [1.165, 1.54) is 0 Å². The molecule has 2 heterocycles. The Labute approximate surface area is 116 Å². The Bertz CT molecular complexity index is 505. The Morgan fingerprint density at radius 2 is 2.05 bits per heavy atom. The molecule has 0 aliphatic carbocycles. The van der Waals surface area contributed by atoms with Crippen molar-refractivity contribution in [2.45, 2.75) is 25.0 Å². The van der Waals surface area contributed by atoms with E-state index in [4.69, 9.17) is 5.11 Å². The number of nitrogens with one attached hydrogen (secondary N) is 1. The first kappa shape index (κ1) is 15.0. The standard InChI is InChI=1S/C11H18N2O6S/c14-8-3-9(10(15)16)13(5-8)11(17)12-4-7-1-2-20(18,19)6-7/h7-9,14H,1-6H2,(H,12,17)(H,15,16)/t7?,8-,9+/m1/s1. The number of urea groups is 1. The zero-order valence-electron chi connectivity index (χ0n) is 10.9. The van der Waals surface area contributed by atoms with Gasteiger partial charge in [-0.15, -0.1) is 0 Å². The molecule has 0 bridgehead atoms. The number of aliphatic hydroxyl groups excluding tert-OH is 1. The van der Waals surface area contributed by atoms with E-state index in [0.29, 0.717) is 6.42 Å². The smallest absolute Gasteiger partial charge is 0.326 e. The summed E-state index contributed by atoms with van der Waals surface area (Å²) in [6.45, 7) is 0.183. The van der Waals surface area contributed by atoms with Gasteiger partial charge in [-0.2, -0.15) is 0 Å². The van der Waals surface area contributed by atoms with E-state index >= 15 is 0 Å². The predicted octanol–water partition coefficient (Wildman–Crippen LogP) is -1.35. The number of carboxylic acid groups (broad SMARTS) is 1. The number of hydrogen-bond donors (Lipinski definition) is 3. The second kappa shape index (κ2) is 5.57. The van der Waals surface area contributed by atoms with E-state index < -0.39 is 34.0 Å². The van der Waals surface area contributed by atoms with Gasteiger partial charge in [-0.3, -0.25) is 0 Å². The van der Waals surface area contributed by atoms with Gasteiger partial charge >= 0.3 is 12.0 Å². The van der Waals surface area contributed by atoms with Crippen molar-refractivity contribution < 1.29 is 28.2 Å². The third kappa shape index (κ3) is 3.40. The molecular formula is C11H18N2O6S. The Balaban J connectivity index is 1.87. The molecule has 0 aromatic rings. The van der Waals surface area contributed by atoms with Crippen molar-refractivity contribution in [2.75, 3.05) is 24.6 Å². The number of aliphatic carboxylic acids is 1. The molecule has 0 spiro atoms. The molecule has 3 N–H and O–H groups in total. The molecule has 8 nitrogen and oxygen atoms in total. The van der Waals surface area contributed by atoms with Crippen LogP contribution in [0.25, 0.3) is 0 Å². The molecule has 0 radical (unpaired) electrons. The summed E-state index contributed by atoms with van der Waals surface area (Å²) in [6, 6.07) is -1.60. The Morgan fingerprint density at radius 3 is 2.60 bits per heavy atom. The topological polar surface area (TPSA) is 124 Å². The molecule has 0 aromatic carbocycles. The second-order valence-corrected chi connectivity index (χ2v) is 7.58. The maximum absolute atomic E-state index is 11.9. The number of nitrogens with zero attached hydrogens (tertiary/aromatic N) is 1. The van der Waals surface area contributed by atoms with Gasteiger partial charge < -0.3 is 20.4 Å². The van der Waals surface area contributed by atoms with Crippen LogP contribution in [0.1, 0.15) is 12.8 Å². The highest BCUT2D eigenvalue weighted by Crippen LogP contribution is 2.20. The van der Waals surface area contributed by atoms with Crippen LogP contribution in [0.5, 0.6) is 0 Å². The van der Waals surface area contributed by atoms with Gasteiger partial charge in [0.25, 0.3) is 0 Å². The largest absolute Gasteiger partial charge is 0.480 e. The SMILES string of the molecule is O=C(O)[C@@H]1C[C@@H](O)CN1C(=O)NCC1CCS(=O)(=O)C1. The fourth-order valence-corrected chi connectivity index (χ4v) is 4.50. The molecule has 3 atom stereocenters. The molecule has 2 rings (SSSR count). The predicted molar refractivity (Wildman–Crippen MR) is 68.9 cm³/mol. The molecule has 1 unspecified atom stereocenters. The number of β-amino-alcohol motifs (C(OH)–C–C–N with tert-alkyl or cyclic N) is 1. The minimum absolute atomic E-state index is 0.0144. The zero-order chi connectivity index (χ0) is 14.9. The fraction of sp³-hybridized carbons (Fsp3) is 0.818. The summed E-state index contributed by atoms with van der Waals surface area (Å²) in [4.78, 5) is 24.0. The number of likely N-dealkylation sites (tertiary alicyclic amines) is 1. The summed E-state index contributed by atoms with van der Waals surface area (Å²) in [5, 5.41) is 21.0. The number of carbonyl (C=O) groups is 2. The number of carboxylic acids is 1. The van der Waals surface area contributed by atoms with Gasteiger partial charge in [0.05, 0.1) is 17.6 Å². The van der Waals surface area contributed by atoms with Crippen LogP contribution in [0, 0.1) is 5.92 Å². The van der Waals surface area contributed by atoms with E-state index in [9.17, 15) is 23.1 Å². The number of carbonyl (C=O) groups excluding carboxylic acids is 1. The Kier molecular flexibility index (Phi) is 4.19. The molecule has 2 aliphatic heterocycles. The fourth-order valence-electron chi connectivity index (χ4n) is 2.64. The van der Waals surface area contributed by atoms with Crippen molar-refractivity contribution in [3.63, 3.8) is 0 Å². The van der Waals surface area contributed by atoms with Crippen LogP contribution in [0.2, 0.25) is 0 Å². The molecule has 2 amide bonds. The minimum Gasteiger partial charge on any atom is -0.480 e. The molecule has 2 fully saturated rings. The van der Waals surface area contributed by atoms with Gasteiger partial charge in [0.15, 0.2) is 9.84 Å². The summed E-state index contributed by atoms with van der Waals surface area (Å²) in [6.07, 6.45) is -0.317. The summed E-state index contributed by atoms with van der Waals surface area (Å²) < 4.78 is 22.6. The molecule has 0 saturated carbocycles. The molecule has 2 saturated heterocycles. The van der Waals surface area contributed by atoms with E-state index in [1.807, 2.05) is 0 Å². The highest BCUT2D eigenvalue weighted by atomic mass is 32.2. The lowest BCUT2D eigenvalue weighted by molar-refractivity contribution is -0.141. The van der Waals surface area contributed by atoms with Crippen molar-refractivity contribution in [3.8, 4) is 0 Å². The van der Waals surface area contributed by atoms with Crippen LogP contribution < -0.4 is 5.32 Å². The van der Waals surface area contributed by atoms with E-state index in [1.54, 1.807) is 0 Å². The van der Waals surface area contributed by atoms with Crippen molar-refractivity contribution in [2.24, 2.45) is 5.92 Å². The molecule has 114 valence electrons. The van der Waals surface area contributed by atoms with Gasteiger partial charge in [0, 0.05) is 19.5 Å². The zero-order valence-corrected chi connectivity index (χ0v) is 11.7. The molecule has 2 aliphatic rings. The number of aliphatic hydroxyl groups is 1. The summed E-state index contributed by atoms with van der Waals surface area (Å²) >= 11 is 0. The first-order chi connectivity index (χ1) is 9.28. The first-order valence-corrected chi connectivity index (χ1v) is 8.26. The first-order valence-electron chi connectivity index (χ1n) is 6.44. The normalized spacial score (nSPS) is 32.2. The average molecular weight is 306 g/mol. The van der Waals surface area contributed by atoms with Crippen molar-refractivity contribution in [1.82, 2.24) is 10.2 Å². The number of sulfone groups is 1. The molecular weight excluding hydrogens is 288 g/mol. The van der Waals surface area contributed by atoms with Crippen molar-refractivity contribution in [3.05, 3.63) is 0 Å². The number of rotatable bonds is 3. The monoisotopic (exact) mass is 306 g/mol. The van der Waals surface area contributed by atoms with Crippen LogP contribution in [0.3, 0.4) is 0 Å². The van der Waals surface area contributed by atoms with E-state index in [2.05, 4.69) is 5.32 Å². The van der Waals surface area contributed by atoms with Gasteiger partial charge in [-0.25, -0.2) is 18.0 Å². The van der Waals surface area contributed by atoms with Gasteiger partial charge in [0.2, 0.25) is 0 Å². The lowest BCUT2D eigenvalue weighted by Crippen LogP contribution is -2.47. The van der Waals surface area contributed by atoms with Crippen LogP contribution in [0.15, 0.2) is 0 Å². The average Bonchev–Trinajstić information content (AvgIpc) is 2.89. The summed E-state index contributed by atoms with van der Waals surface area (Å²) in [5.41, 5.74) is 0. The second-order valence-electron chi connectivity index (χ2n) is 5.35. The molecule has 20 heavy (non-hydrogen) atoms. The number of hydrogen-bond acceptors (Lipinski definition) is 5. The lowest BCUT2D eigenvalue weighted by Gasteiger charge is -2.22. The van der Waals surface area contributed by atoms with Crippen LogP contribution >= 0.6 is 0 Å². The quantitative estimate of drug-likeness (QED) is 0.592. The maximum Gasteiger partial charge on any atom is 0.326 e. The van der Waals surface area contributed by atoms with Crippen LogP contribution in [0.4, 0.5) is 4.79 Å². The minimum atomic E-state index is -2.99. The highest BCUT2D eigenvalue weighted by Gasteiger charge is 2.39. The van der Waals surface area contributed by atoms with Crippen LogP contribution in [-0.2, 0) is 14.6 Å². The van der Waals surface area contributed by atoms with E-state index in [-0.39, 0.29) is 36.9 Å². The highest BCUT2D eigenvalue weighted by molar-refractivity contribution is 7.91. The summed E-state index contributed by atoms with van der Waals surface area (Å²) in [7, 11) is -2.99. The van der Waals surface area contributed by atoms with Crippen molar-refractivity contribution >= 4 is 21.8 Å². The maximum atomic E-state index is 11.9. The Hall–Kier alpha value is -1.35. The van der Waals surface area contributed by atoms with Gasteiger partial charge in [-0.1, -0.05) is 0 Å². The van der Waals surface area contributed by atoms with E-state index in [0.717, 1.165) is 4.90 Å². The Morgan fingerprint density at radius 1 is 1.35 bits per heavy atom. The molecule has 9 heteroatoms. The van der Waals surface area contributed by atoms with Gasteiger partial charge in [0.1, 0.15) is 6.04 Å². The van der Waals surface area contributed by atoms with Crippen molar-refractivity contribution in [1.29, 1.82) is 0 Å². The molecule has 0 aromatic heterocycles. The third-order valence-electron chi connectivity index (χ3n) is 3.69.